The smallest absolute Gasteiger partial charge is 0.111 e. The Labute approximate surface area is 117 Å². The molecule has 19 heavy (non-hydrogen) atoms. The maximum atomic E-state index is 11.4. The van der Waals surface area contributed by atoms with E-state index in [4.69, 9.17) is 4.84 Å². The van der Waals surface area contributed by atoms with Gasteiger partial charge in [0.25, 0.3) is 0 Å². The van der Waals surface area contributed by atoms with Crippen LogP contribution in [0.4, 0.5) is 0 Å². The molecule has 0 bridgehead atoms. The highest BCUT2D eigenvalue weighted by molar-refractivity contribution is 5.90. The van der Waals surface area contributed by atoms with Crippen LogP contribution in [0.2, 0.25) is 0 Å². The van der Waals surface area contributed by atoms with Gasteiger partial charge in [0.15, 0.2) is 0 Å². The molecule has 0 saturated heterocycles. The first-order valence-corrected chi connectivity index (χ1v) is 8.00. The number of hydrogen-bond donors (Lipinski definition) is 1. The number of rotatable bonds is 4. The molecule has 3 nitrogen and oxygen atoms in total. The average Bonchev–Trinajstić information content (AvgIpc) is 2.48. The van der Waals surface area contributed by atoms with Gasteiger partial charge in [0.05, 0.1) is 5.71 Å². The molecule has 2 aliphatic rings. The van der Waals surface area contributed by atoms with E-state index < -0.39 is 5.60 Å². The molecule has 0 amide bonds. The minimum atomic E-state index is -0.725. The van der Waals surface area contributed by atoms with Crippen LogP contribution < -0.4 is 0 Å². The lowest BCUT2D eigenvalue weighted by Crippen LogP contribution is -2.52. The van der Waals surface area contributed by atoms with Crippen molar-refractivity contribution in [2.45, 2.75) is 76.7 Å². The van der Waals surface area contributed by atoms with Gasteiger partial charge in [-0.25, -0.2) is 0 Å². The second-order valence-electron chi connectivity index (χ2n) is 6.35. The van der Waals surface area contributed by atoms with E-state index in [1.54, 1.807) is 7.11 Å². The quantitative estimate of drug-likeness (QED) is 0.620. The largest absolute Gasteiger partial charge is 0.399 e. The lowest BCUT2D eigenvalue weighted by Gasteiger charge is -2.45. The summed E-state index contributed by atoms with van der Waals surface area (Å²) < 4.78 is 0. The molecule has 110 valence electrons. The van der Waals surface area contributed by atoms with Crippen molar-refractivity contribution in [3.05, 3.63) is 0 Å². The van der Waals surface area contributed by atoms with Crippen LogP contribution in [-0.4, -0.2) is 23.5 Å². The van der Waals surface area contributed by atoms with E-state index >= 15 is 0 Å². The molecule has 0 spiro atoms. The highest BCUT2D eigenvalue weighted by Gasteiger charge is 2.46. The van der Waals surface area contributed by atoms with E-state index in [1.807, 2.05) is 6.92 Å². The van der Waals surface area contributed by atoms with Gasteiger partial charge in [0.2, 0.25) is 0 Å². The summed E-state index contributed by atoms with van der Waals surface area (Å²) in [5.74, 6) is 0.756. The fourth-order valence-corrected chi connectivity index (χ4v) is 4.22. The topological polar surface area (TPSA) is 41.8 Å². The fraction of sp³-hybridized carbons (Fsp3) is 0.938. The zero-order valence-electron chi connectivity index (χ0n) is 12.5. The molecule has 2 fully saturated rings. The van der Waals surface area contributed by atoms with Gasteiger partial charge in [-0.3, -0.25) is 0 Å². The molecule has 0 unspecified atom stereocenters. The Morgan fingerprint density at radius 2 is 1.37 bits per heavy atom. The third-order valence-corrected chi connectivity index (χ3v) is 5.26. The van der Waals surface area contributed by atoms with Crippen molar-refractivity contribution in [1.29, 1.82) is 0 Å². The molecule has 1 N–H and O–H groups in total. The van der Waals surface area contributed by atoms with E-state index in [2.05, 4.69) is 5.16 Å². The highest BCUT2D eigenvalue weighted by Crippen LogP contribution is 2.43. The number of aliphatic hydroxyl groups is 1. The van der Waals surface area contributed by atoms with Gasteiger partial charge in [-0.2, -0.15) is 0 Å². The Kier molecular flexibility index (Phi) is 5.26. The van der Waals surface area contributed by atoms with Crippen molar-refractivity contribution >= 4 is 5.71 Å². The Balaban J connectivity index is 2.22. The Morgan fingerprint density at radius 1 is 0.947 bits per heavy atom. The predicted octanol–water partition coefficient (Wildman–Crippen LogP) is 3.90. The van der Waals surface area contributed by atoms with Crippen molar-refractivity contribution in [2.75, 3.05) is 7.11 Å². The van der Waals surface area contributed by atoms with Crippen molar-refractivity contribution < 1.29 is 9.94 Å². The third kappa shape index (κ3) is 3.13. The van der Waals surface area contributed by atoms with Gasteiger partial charge in [0.1, 0.15) is 12.7 Å². The second kappa shape index (κ2) is 6.74. The summed E-state index contributed by atoms with van der Waals surface area (Å²) in [6, 6.07) is 0. The van der Waals surface area contributed by atoms with Crippen LogP contribution in [0.3, 0.4) is 0 Å². The van der Waals surface area contributed by atoms with Gasteiger partial charge < -0.3 is 9.94 Å². The third-order valence-electron chi connectivity index (χ3n) is 5.26. The lowest BCUT2D eigenvalue weighted by molar-refractivity contribution is -0.0372. The van der Waals surface area contributed by atoms with Crippen molar-refractivity contribution in [1.82, 2.24) is 0 Å². The second-order valence-corrected chi connectivity index (χ2v) is 6.35. The van der Waals surface area contributed by atoms with E-state index in [-0.39, 0.29) is 0 Å². The Morgan fingerprint density at radius 3 is 1.74 bits per heavy atom. The van der Waals surface area contributed by atoms with Gasteiger partial charge in [0, 0.05) is 0 Å². The van der Waals surface area contributed by atoms with Gasteiger partial charge in [-0.15, -0.1) is 0 Å². The molecule has 0 heterocycles. The summed E-state index contributed by atoms with van der Waals surface area (Å²) in [5.41, 5.74) is 0.0745. The molecule has 2 aliphatic carbocycles. The van der Waals surface area contributed by atoms with Crippen molar-refractivity contribution in [2.24, 2.45) is 17.0 Å². The van der Waals surface area contributed by atoms with Crippen molar-refractivity contribution in [3.63, 3.8) is 0 Å². The van der Waals surface area contributed by atoms with Crippen LogP contribution in [0.25, 0.3) is 0 Å². The summed E-state index contributed by atoms with van der Waals surface area (Å²) in [7, 11) is 1.58. The van der Waals surface area contributed by atoms with E-state index in [0.29, 0.717) is 11.8 Å². The molecule has 0 aliphatic heterocycles. The van der Waals surface area contributed by atoms with E-state index in [0.717, 1.165) is 31.4 Å². The summed E-state index contributed by atoms with van der Waals surface area (Å²) in [6.07, 6.45) is 12.2. The normalized spacial score (nSPS) is 24.5. The summed E-state index contributed by atoms with van der Waals surface area (Å²) in [5, 5.41) is 15.6. The maximum absolute atomic E-state index is 11.4. The first-order valence-electron chi connectivity index (χ1n) is 8.00. The molecular formula is C16H29NO2. The van der Waals surface area contributed by atoms with Crippen molar-refractivity contribution in [3.8, 4) is 0 Å². The van der Waals surface area contributed by atoms with Gasteiger partial charge in [-0.1, -0.05) is 43.7 Å². The number of oxime groups is 1. The monoisotopic (exact) mass is 267 g/mol. The fourth-order valence-electron chi connectivity index (χ4n) is 4.22. The Bertz CT molecular complexity index is 284. The number of hydrogen-bond acceptors (Lipinski definition) is 3. The van der Waals surface area contributed by atoms with Crippen LogP contribution in [0.5, 0.6) is 0 Å². The minimum absolute atomic E-state index is 0.378. The van der Waals surface area contributed by atoms with E-state index in [9.17, 15) is 5.11 Å². The zero-order valence-corrected chi connectivity index (χ0v) is 12.5. The molecular weight excluding hydrogens is 238 g/mol. The van der Waals surface area contributed by atoms with E-state index in [1.165, 1.54) is 38.5 Å². The summed E-state index contributed by atoms with van der Waals surface area (Å²) in [6.45, 7) is 1.95. The standard InChI is InChI=1S/C16H29NO2/c1-13(17-19-2)16(18,14-9-5-3-6-10-14)15-11-7-4-8-12-15/h14-15,18H,3-12H2,1-2H3/b17-13+. The average molecular weight is 267 g/mol. The van der Waals surface area contributed by atoms with Crippen LogP contribution in [0.1, 0.15) is 71.1 Å². The molecule has 2 saturated carbocycles. The van der Waals surface area contributed by atoms with Crippen LogP contribution >= 0.6 is 0 Å². The van der Waals surface area contributed by atoms with Crippen LogP contribution in [0, 0.1) is 11.8 Å². The molecule has 0 radical (unpaired) electrons. The van der Waals surface area contributed by atoms with Crippen LogP contribution in [-0.2, 0) is 4.84 Å². The van der Waals surface area contributed by atoms with Gasteiger partial charge in [-0.05, 0) is 44.4 Å². The minimum Gasteiger partial charge on any atom is -0.399 e. The maximum Gasteiger partial charge on any atom is 0.111 e. The Hall–Kier alpha value is -0.570. The lowest BCUT2D eigenvalue weighted by atomic mass is 9.64. The van der Waals surface area contributed by atoms with Crippen LogP contribution in [0.15, 0.2) is 5.16 Å². The molecule has 0 aromatic rings. The molecule has 3 heteroatoms. The first-order chi connectivity index (χ1) is 9.19. The predicted molar refractivity (Wildman–Crippen MR) is 78.2 cm³/mol. The molecule has 0 aromatic carbocycles. The van der Waals surface area contributed by atoms with Gasteiger partial charge >= 0.3 is 0 Å². The summed E-state index contributed by atoms with van der Waals surface area (Å²) in [4.78, 5) is 4.96. The molecule has 0 atom stereocenters. The summed E-state index contributed by atoms with van der Waals surface area (Å²) >= 11 is 0. The zero-order chi connectivity index (χ0) is 13.7. The molecule has 2 rings (SSSR count). The highest BCUT2D eigenvalue weighted by atomic mass is 16.6. The first kappa shape index (κ1) is 14.8. The SMILES string of the molecule is CO/N=C(\C)C(O)(C1CCCCC1)C1CCCCC1. The number of nitrogens with zero attached hydrogens (tertiary/aromatic N) is 1. The molecule has 0 aromatic heterocycles.